The van der Waals surface area contributed by atoms with E-state index in [0.717, 1.165) is 0 Å². The first-order valence-electron chi connectivity index (χ1n) is 9.70. The number of likely N-dealkylation sites (tertiary alicyclic amines) is 1. The van der Waals surface area contributed by atoms with E-state index in [0.29, 0.717) is 59.8 Å². The molecule has 0 radical (unpaired) electrons. The third-order valence-electron chi connectivity index (χ3n) is 5.15. The van der Waals surface area contributed by atoms with Crippen molar-refractivity contribution in [3.63, 3.8) is 0 Å². The van der Waals surface area contributed by atoms with Gasteiger partial charge in [0.1, 0.15) is 24.1 Å². The van der Waals surface area contributed by atoms with Gasteiger partial charge in [0.05, 0.1) is 17.6 Å². The molecule has 2 heterocycles. The Morgan fingerprint density at radius 3 is 2.68 bits per heavy atom. The molecule has 1 aromatic heterocycles. The zero-order valence-corrected chi connectivity index (χ0v) is 17.5. The van der Waals surface area contributed by atoms with Crippen LogP contribution in [0.15, 0.2) is 36.7 Å². The van der Waals surface area contributed by atoms with Gasteiger partial charge >= 0.3 is 6.03 Å². The van der Waals surface area contributed by atoms with Gasteiger partial charge in [-0.3, -0.25) is 0 Å². The molecule has 1 aliphatic rings. The molecule has 0 spiro atoms. The van der Waals surface area contributed by atoms with Crippen molar-refractivity contribution in [2.45, 2.75) is 18.9 Å². The summed E-state index contributed by atoms with van der Waals surface area (Å²) in [5.74, 6) is 1.10. The summed E-state index contributed by atoms with van der Waals surface area (Å²) in [7, 11) is 1.56. The van der Waals surface area contributed by atoms with Gasteiger partial charge in [0.15, 0.2) is 11.5 Å². The summed E-state index contributed by atoms with van der Waals surface area (Å²) >= 11 is 5.88. The van der Waals surface area contributed by atoms with Crippen LogP contribution < -0.4 is 20.5 Å². The summed E-state index contributed by atoms with van der Waals surface area (Å²) < 4.78 is 25.2. The van der Waals surface area contributed by atoms with Crippen LogP contribution in [0.4, 0.5) is 20.7 Å². The standard InChI is InChI=1S/C21H21ClFN5O3/c1-30-18-10-17-14(9-19(18)31-13-4-6-28(7-5-13)21(24)29)20(26-11-25-17)27-12-2-3-16(23)15(22)8-12/h2-3,8-11,13H,4-7H2,1H3,(H2,24,29)(H,25,26,27). The minimum atomic E-state index is -0.498. The third kappa shape index (κ3) is 4.56. The number of urea groups is 1. The van der Waals surface area contributed by atoms with E-state index in [1.807, 2.05) is 6.07 Å². The maximum atomic E-state index is 13.5. The number of aromatic nitrogens is 2. The molecule has 1 saturated heterocycles. The van der Waals surface area contributed by atoms with Gasteiger partial charge < -0.3 is 25.4 Å². The fraction of sp³-hybridized carbons (Fsp3) is 0.286. The average Bonchev–Trinajstić information content (AvgIpc) is 2.76. The molecule has 2 aromatic carbocycles. The topological polar surface area (TPSA) is 103 Å². The highest BCUT2D eigenvalue weighted by Crippen LogP contribution is 2.36. The minimum Gasteiger partial charge on any atom is -0.493 e. The van der Waals surface area contributed by atoms with Crippen LogP contribution in [-0.2, 0) is 0 Å². The Balaban J connectivity index is 1.62. The number of amides is 2. The summed E-state index contributed by atoms with van der Waals surface area (Å²) in [5, 5.41) is 3.86. The summed E-state index contributed by atoms with van der Waals surface area (Å²) in [5.41, 5.74) is 6.58. The molecule has 0 bridgehead atoms. The van der Waals surface area contributed by atoms with E-state index in [2.05, 4.69) is 15.3 Å². The molecule has 162 valence electrons. The summed E-state index contributed by atoms with van der Waals surface area (Å²) in [4.78, 5) is 21.6. The van der Waals surface area contributed by atoms with Crippen LogP contribution in [0.5, 0.6) is 11.5 Å². The van der Waals surface area contributed by atoms with Crippen molar-refractivity contribution in [1.29, 1.82) is 0 Å². The Labute approximate surface area is 183 Å². The Morgan fingerprint density at radius 1 is 1.23 bits per heavy atom. The van der Waals surface area contributed by atoms with E-state index >= 15 is 0 Å². The number of rotatable bonds is 5. The number of carbonyl (C=O) groups is 1. The first-order valence-corrected chi connectivity index (χ1v) is 10.1. The number of nitrogens with one attached hydrogen (secondary N) is 1. The number of anilines is 2. The van der Waals surface area contributed by atoms with Crippen molar-refractivity contribution in [2.24, 2.45) is 5.73 Å². The predicted octanol–water partition coefficient (Wildman–Crippen LogP) is 4.10. The summed E-state index contributed by atoms with van der Waals surface area (Å²) in [6, 6.07) is 7.50. The first-order chi connectivity index (χ1) is 14.9. The minimum absolute atomic E-state index is 0.0105. The Bertz CT molecular complexity index is 1120. The van der Waals surface area contributed by atoms with Crippen LogP contribution in [0.3, 0.4) is 0 Å². The molecule has 3 aromatic rings. The SMILES string of the molecule is COc1cc2ncnc(Nc3ccc(F)c(Cl)c3)c2cc1OC1CCN(C(N)=O)CC1. The lowest BCUT2D eigenvalue weighted by Gasteiger charge is -2.31. The van der Waals surface area contributed by atoms with Crippen molar-refractivity contribution in [2.75, 3.05) is 25.5 Å². The van der Waals surface area contributed by atoms with Gasteiger partial charge in [-0.15, -0.1) is 0 Å². The number of nitrogens with zero attached hydrogens (tertiary/aromatic N) is 3. The number of fused-ring (bicyclic) bond motifs is 1. The number of nitrogens with two attached hydrogens (primary N) is 1. The van der Waals surface area contributed by atoms with Crippen molar-refractivity contribution < 1.29 is 18.7 Å². The fourth-order valence-corrected chi connectivity index (χ4v) is 3.68. The van der Waals surface area contributed by atoms with E-state index in [4.69, 9.17) is 26.8 Å². The molecule has 0 atom stereocenters. The van der Waals surface area contributed by atoms with E-state index in [9.17, 15) is 9.18 Å². The number of methoxy groups -OCH3 is 1. The maximum absolute atomic E-state index is 13.5. The number of benzene rings is 2. The highest BCUT2D eigenvalue weighted by Gasteiger charge is 2.24. The van der Waals surface area contributed by atoms with Crippen molar-refractivity contribution in [3.8, 4) is 11.5 Å². The molecule has 0 saturated carbocycles. The van der Waals surface area contributed by atoms with Gasteiger partial charge in [-0.2, -0.15) is 0 Å². The van der Waals surface area contributed by atoms with Crippen LogP contribution in [0.25, 0.3) is 10.9 Å². The predicted molar refractivity (Wildman–Crippen MR) is 116 cm³/mol. The van der Waals surface area contributed by atoms with Crippen LogP contribution in [-0.4, -0.2) is 47.2 Å². The number of carbonyl (C=O) groups excluding carboxylic acids is 1. The van der Waals surface area contributed by atoms with Gasteiger partial charge in [0.25, 0.3) is 0 Å². The smallest absolute Gasteiger partial charge is 0.314 e. The molecular weight excluding hydrogens is 425 g/mol. The maximum Gasteiger partial charge on any atom is 0.314 e. The van der Waals surface area contributed by atoms with Gasteiger partial charge in [-0.1, -0.05) is 11.6 Å². The number of ether oxygens (including phenoxy) is 2. The summed E-state index contributed by atoms with van der Waals surface area (Å²) in [6.45, 7) is 1.08. The van der Waals surface area contributed by atoms with Gasteiger partial charge in [-0.25, -0.2) is 19.2 Å². The van der Waals surface area contributed by atoms with E-state index in [-0.39, 0.29) is 11.1 Å². The molecule has 10 heteroatoms. The van der Waals surface area contributed by atoms with E-state index < -0.39 is 11.8 Å². The van der Waals surface area contributed by atoms with Crippen LogP contribution >= 0.6 is 11.6 Å². The lowest BCUT2D eigenvalue weighted by atomic mass is 10.1. The average molecular weight is 446 g/mol. The Kier molecular flexibility index (Phi) is 5.94. The molecule has 0 unspecified atom stereocenters. The Morgan fingerprint density at radius 2 is 2.00 bits per heavy atom. The molecule has 0 aliphatic carbocycles. The molecular formula is C21H21ClFN5O3. The molecule has 3 N–H and O–H groups in total. The highest BCUT2D eigenvalue weighted by atomic mass is 35.5. The second kappa shape index (κ2) is 8.81. The first kappa shape index (κ1) is 20.9. The van der Waals surface area contributed by atoms with E-state index in [1.165, 1.54) is 18.5 Å². The van der Waals surface area contributed by atoms with Crippen LogP contribution in [0.1, 0.15) is 12.8 Å². The fourth-order valence-electron chi connectivity index (χ4n) is 3.50. The summed E-state index contributed by atoms with van der Waals surface area (Å²) in [6.07, 6.45) is 2.66. The van der Waals surface area contributed by atoms with Crippen molar-refractivity contribution in [3.05, 3.63) is 47.5 Å². The van der Waals surface area contributed by atoms with Crippen molar-refractivity contribution >= 4 is 40.0 Å². The molecule has 4 rings (SSSR count). The number of hydrogen-bond donors (Lipinski definition) is 2. The number of primary amides is 1. The van der Waals surface area contributed by atoms with Crippen LogP contribution in [0.2, 0.25) is 5.02 Å². The third-order valence-corrected chi connectivity index (χ3v) is 5.44. The molecule has 1 fully saturated rings. The highest BCUT2D eigenvalue weighted by molar-refractivity contribution is 6.31. The second-order valence-corrected chi connectivity index (χ2v) is 7.55. The van der Waals surface area contributed by atoms with Crippen LogP contribution in [0, 0.1) is 5.82 Å². The largest absolute Gasteiger partial charge is 0.493 e. The molecule has 31 heavy (non-hydrogen) atoms. The lowest BCUT2D eigenvalue weighted by molar-refractivity contribution is 0.111. The zero-order chi connectivity index (χ0) is 22.0. The zero-order valence-electron chi connectivity index (χ0n) is 16.8. The second-order valence-electron chi connectivity index (χ2n) is 7.14. The molecule has 1 aliphatic heterocycles. The molecule has 2 amide bonds. The van der Waals surface area contributed by atoms with Gasteiger partial charge in [-0.05, 0) is 24.3 Å². The number of piperidine rings is 1. The number of halogens is 2. The molecule has 8 nitrogen and oxygen atoms in total. The quantitative estimate of drug-likeness (QED) is 0.613. The lowest BCUT2D eigenvalue weighted by Crippen LogP contribution is -2.44. The van der Waals surface area contributed by atoms with Gasteiger partial charge in [0, 0.05) is 43.1 Å². The Hall–Kier alpha value is -3.33. The monoisotopic (exact) mass is 445 g/mol. The van der Waals surface area contributed by atoms with E-state index in [1.54, 1.807) is 24.1 Å². The normalized spacial score (nSPS) is 14.5. The van der Waals surface area contributed by atoms with Gasteiger partial charge in [0.2, 0.25) is 0 Å². The van der Waals surface area contributed by atoms with Crippen molar-refractivity contribution in [1.82, 2.24) is 14.9 Å². The number of hydrogen-bond acceptors (Lipinski definition) is 6.